The van der Waals surface area contributed by atoms with Gasteiger partial charge in [0, 0.05) is 29.7 Å². The Hall–Kier alpha value is -0.870. The van der Waals surface area contributed by atoms with Gasteiger partial charge in [0.05, 0.1) is 5.69 Å². The normalized spacial score (nSPS) is 24.7. The molecule has 1 unspecified atom stereocenters. The zero-order chi connectivity index (χ0) is 13.1. The van der Waals surface area contributed by atoms with E-state index in [2.05, 4.69) is 34.4 Å². The first-order chi connectivity index (χ1) is 9.31. The summed E-state index contributed by atoms with van der Waals surface area (Å²) in [6, 6.07) is 0. The lowest BCUT2D eigenvalue weighted by atomic mass is 9.84. The molecule has 0 aromatic carbocycles. The zero-order valence-corrected chi connectivity index (χ0v) is 12.5. The first-order valence-corrected chi connectivity index (χ1v) is 8.35. The molecule has 1 saturated heterocycles. The second-order valence-electron chi connectivity index (χ2n) is 5.77. The molecule has 0 bridgehead atoms. The van der Waals surface area contributed by atoms with Gasteiger partial charge < -0.3 is 5.32 Å². The van der Waals surface area contributed by atoms with Gasteiger partial charge in [0.15, 0.2) is 4.96 Å². The van der Waals surface area contributed by atoms with E-state index in [0.29, 0.717) is 0 Å². The summed E-state index contributed by atoms with van der Waals surface area (Å²) in [5.74, 6) is 0. The maximum Gasteiger partial charge on any atom is 0.193 e. The van der Waals surface area contributed by atoms with E-state index in [1.54, 1.807) is 11.3 Å². The SMILES string of the molecule is CCCC1(Cc2cn3ccsc3n2)CCCCCN1. The molecule has 1 fully saturated rings. The summed E-state index contributed by atoms with van der Waals surface area (Å²) in [6.45, 7) is 3.46. The standard InChI is InChI=1S/C15H23N3S/c1-2-6-15(7-4-3-5-8-16-15)11-13-12-18-9-10-19-14(18)17-13/h9-10,12,16H,2-8,11H2,1H3. The van der Waals surface area contributed by atoms with Gasteiger partial charge in [0.1, 0.15) is 0 Å². The van der Waals surface area contributed by atoms with Crippen LogP contribution >= 0.6 is 11.3 Å². The van der Waals surface area contributed by atoms with E-state index < -0.39 is 0 Å². The fourth-order valence-corrected chi connectivity index (χ4v) is 4.07. The molecule has 3 rings (SSSR count). The molecule has 19 heavy (non-hydrogen) atoms. The number of fused-ring (bicyclic) bond motifs is 1. The Morgan fingerprint density at radius 3 is 3.21 bits per heavy atom. The van der Waals surface area contributed by atoms with E-state index >= 15 is 0 Å². The predicted octanol–water partition coefficient (Wildman–Crippen LogP) is 3.64. The summed E-state index contributed by atoms with van der Waals surface area (Å²) in [5.41, 5.74) is 1.53. The summed E-state index contributed by atoms with van der Waals surface area (Å²) in [5, 5.41) is 5.93. The molecule has 104 valence electrons. The van der Waals surface area contributed by atoms with Crippen molar-refractivity contribution in [2.75, 3.05) is 6.54 Å². The molecule has 2 aromatic rings. The predicted molar refractivity (Wildman–Crippen MR) is 80.9 cm³/mol. The first kappa shape index (κ1) is 13.1. The third kappa shape index (κ3) is 2.84. The maximum atomic E-state index is 4.77. The fraction of sp³-hybridized carbons (Fsp3) is 0.667. The molecule has 0 radical (unpaired) electrons. The monoisotopic (exact) mass is 277 g/mol. The van der Waals surface area contributed by atoms with Crippen LogP contribution in [0.4, 0.5) is 0 Å². The Labute approximate surface area is 119 Å². The molecule has 2 aromatic heterocycles. The summed E-state index contributed by atoms with van der Waals surface area (Å²) in [7, 11) is 0. The topological polar surface area (TPSA) is 29.3 Å². The van der Waals surface area contributed by atoms with Crippen molar-refractivity contribution in [1.82, 2.24) is 14.7 Å². The number of rotatable bonds is 4. The van der Waals surface area contributed by atoms with Gasteiger partial charge in [-0.05, 0) is 25.8 Å². The second-order valence-corrected chi connectivity index (χ2v) is 6.64. The molecule has 0 saturated carbocycles. The van der Waals surface area contributed by atoms with E-state index in [4.69, 9.17) is 4.98 Å². The number of thiazole rings is 1. The Bertz CT molecular complexity index is 492. The Balaban J connectivity index is 1.81. The highest BCUT2D eigenvalue weighted by molar-refractivity contribution is 7.15. The van der Waals surface area contributed by atoms with Crippen molar-refractivity contribution in [1.29, 1.82) is 0 Å². The molecule has 1 aliphatic heterocycles. The van der Waals surface area contributed by atoms with E-state index in [0.717, 1.165) is 11.4 Å². The van der Waals surface area contributed by atoms with Crippen LogP contribution in [-0.2, 0) is 6.42 Å². The Morgan fingerprint density at radius 1 is 1.42 bits per heavy atom. The molecule has 0 amide bonds. The van der Waals surface area contributed by atoms with Crippen LogP contribution < -0.4 is 5.32 Å². The van der Waals surface area contributed by atoms with Gasteiger partial charge in [-0.15, -0.1) is 11.3 Å². The van der Waals surface area contributed by atoms with Gasteiger partial charge in [0.25, 0.3) is 0 Å². The maximum absolute atomic E-state index is 4.77. The number of aromatic nitrogens is 2. The van der Waals surface area contributed by atoms with Crippen LogP contribution in [0.3, 0.4) is 0 Å². The van der Waals surface area contributed by atoms with E-state index in [9.17, 15) is 0 Å². The molecule has 4 heteroatoms. The minimum absolute atomic E-state index is 0.287. The zero-order valence-electron chi connectivity index (χ0n) is 11.7. The summed E-state index contributed by atoms with van der Waals surface area (Å²) in [6.07, 6.45) is 13.2. The van der Waals surface area contributed by atoms with Gasteiger partial charge >= 0.3 is 0 Å². The van der Waals surface area contributed by atoms with Gasteiger partial charge in [0.2, 0.25) is 0 Å². The number of imidazole rings is 1. The minimum Gasteiger partial charge on any atom is -0.311 e. The highest BCUT2D eigenvalue weighted by Crippen LogP contribution is 2.28. The van der Waals surface area contributed by atoms with Crippen molar-refractivity contribution in [3.05, 3.63) is 23.5 Å². The van der Waals surface area contributed by atoms with Crippen LogP contribution in [0.25, 0.3) is 4.96 Å². The van der Waals surface area contributed by atoms with Gasteiger partial charge in [-0.2, -0.15) is 0 Å². The third-order valence-corrected chi connectivity index (χ3v) is 4.99. The van der Waals surface area contributed by atoms with Crippen LogP contribution in [0, 0.1) is 0 Å². The average molecular weight is 277 g/mol. The summed E-state index contributed by atoms with van der Waals surface area (Å²) >= 11 is 1.72. The number of nitrogens with one attached hydrogen (secondary N) is 1. The number of hydrogen-bond acceptors (Lipinski definition) is 3. The lowest BCUT2D eigenvalue weighted by Gasteiger charge is -2.33. The minimum atomic E-state index is 0.287. The molecular weight excluding hydrogens is 254 g/mol. The second kappa shape index (κ2) is 5.63. The van der Waals surface area contributed by atoms with Gasteiger partial charge in [-0.3, -0.25) is 4.40 Å². The van der Waals surface area contributed by atoms with E-state index in [-0.39, 0.29) is 5.54 Å². The molecule has 1 atom stereocenters. The molecule has 3 heterocycles. The van der Waals surface area contributed by atoms with Crippen molar-refractivity contribution < 1.29 is 0 Å². The highest BCUT2D eigenvalue weighted by Gasteiger charge is 2.30. The molecule has 0 spiro atoms. The van der Waals surface area contributed by atoms with E-state index in [1.165, 1.54) is 50.8 Å². The Kier molecular flexibility index (Phi) is 3.89. The average Bonchev–Trinajstić information content (AvgIpc) is 2.87. The quantitative estimate of drug-likeness (QED) is 0.924. The van der Waals surface area contributed by atoms with Gasteiger partial charge in [-0.25, -0.2) is 4.98 Å². The van der Waals surface area contributed by atoms with Crippen LogP contribution in [0.2, 0.25) is 0 Å². The molecule has 0 aliphatic carbocycles. The number of nitrogens with zero attached hydrogens (tertiary/aromatic N) is 2. The first-order valence-electron chi connectivity index (χ1n) is 7.47. The lowest BCUT2D eigenvalue weighted by molar-refractivity contribution is 0.286. The van der Waals surface area contributed by atoms with Gasteiger partial charge in [-0.1, -0.05) is 26.2 Å². The molecule has 1 N–H and O–H groups in total. The summed E-state index contributed by atoms with van der Waals surface area (Å²) in [4.78, 5) is 5.89. The molecular formula is C15H23N3S. The van der Waals surface area contributed by atoms with Crippen molar-refractivity contribution in [2.45, 2.75) is 57.4 Å². The Morgan fingerprint density at radius 2 is 2.37 bits per heavy atom. The lowest BCUT2D eigenvalue weighted by Crippen LogP contribution is -2.46. The van der Waals surface area contributed by atoms with E-state index in [1.807, 2.05) is 0 Å². The molecule has 3 nitrogen and oxygen atoms in total. The van der Waals surface area contributed by atoms with Crippen molar-refractivity contribution >= 4 is 16.3 Å². The number of hydrogen-bond donors (Lipinski definition) is 1. The van der Waals surface area contributed by atoms with Crippen LogP contribution in [-0.4, -0.2) is 21.5 Å². The van der Waals surface area contributed by atoms with Crippen molar-refractivity contribution in [2.24, 2.45) is 0 Å². The van der Waals surface area contributed by atoms with Crippen LogP contribution in [0.1, 0.15) is 51.1 Å². The van der Waals surface area contributed by atoms with Crippen molar-refractivity contribution in [3.8, 4) is 0 Å². The van der Waals surface area contributed by atoms with Crippen molar-refractivity contribution in [3.63, 3.8) is 0 Å². The summed E-state index contributed by atoms with van der Waals surface area (Å²) < 4.78 is 2.15. The molecule has 1 aliphatic rings. The highest BCUT2D eigenvalue weighted by atomic mass is 32.1. The largest absolute Gasteiger partial charge is 0.311 e. The third-order valence-electron chi connectivity index (χ3n) is 4.22. The smallest absolute Gasteiger partial charge is 0.193 e. The van der Waals surface area contributed by atoms with Crippen LogP contribution in [0.15, 0.2) is 17.8 Å². The fourth-order valence-electron chi connectivity index (χ4n) is 3.35. The van der Waals surface area contributed by atoms with Crippen LogP contribution in [0.5, 0.6) is 0 Å².